The largest absolute Gasteiger partial charge is 0.305 e. The number of nitrogens with zero attached hydrogens (tertiary/aromatic N) is 2. The fourth-order valence-electron chi connectivity index (χ4n) is 2.11. The first-order chi connectivity index (χ1) is 11.1. The summed E-state index contributed by atoms with van der Waals surface area (Å²) in [5.41, 5.74) is 3.31. The van der Waals surface area contributed by atoms with Gasteiger partial charge in [0.1, 0.15) is 0 Å². The van der Waals surface area contributed by atoms with Crippen LogP contribution in [0, 0.1) is 6.92 Å². The Morgan fingerprint density at radius 1 is 1.26 bits per heavy atom. The lowest BCUT2D eigenvalue weighted by Crippen LogP contribution is -2.21. The van der Waals surface area contributed by atoms with Crippen molar-refractivity contribution in [2.75, 3.05) is 6.61 Å². The number of hydrogen-bond donors (Lipinski definition) is 0. The van der Waals surface area contributed by atoms with Crippen molar-refractivity contribution in [3.63, 3.8) is 0 Å². The van der Waals surface area contributed by atoms with Crippen LogP contribution in [0.3, 0.4) is 0 Å². The van der Waals surface area contributed by atoms with Gasteiger partial charge in [-0.2, -0.15) is 5.10 Å². The Bertz CT molecular complexity index is 689. The molecular formula is C16H19IN2O2S2. The molecule has 0 amide bonds. The quantitative estimate of drug-likeness (QED) is 0.253. The molecule has 0 aliphatic rings. The number of hydrogen-bond acceptors (Lipinski definition) is 5. The van der Waals surface area contributed by atoms with Crippen LogP contribution in [0.5, 0.6) is 0 Å². The fourth-order valence-corrected chi connectivity index (χ4v) is 3.77. The normalized spacial score (nSPS) is 10.9. The zero-order valence-electron chi connectivity index (χ0n) is 13.1. The van der Waals surface area contributed by atoms with Gasteiger partial charge in [-0.1, -0.05) is 24.3 Å². The lowest BCUT2D eigenvalue weighted by atomic mass is 10.1. The molecule has 0 saturated carbocycles. The van der Waals surface area contributed by atoms with Gasteiger partial charge in [0.2, 0.25) is 0 Å². The molecule has 0 atom stereocenters. The van der Waals surface area contributed by atoms with Crippen LogP contribution >= 0.6 is 42.2 Å². The predicted octanol–water partition coefficient (Wildman–Crippen LogP) is 4.33. The van der Waals surface area contributed by atoms with E-state index in [0.717, 1.165) is 35.7 Å². The summed E-state index contributed by atoms with van der Waals surface area (Å²) in [6.07, 6.45) is 3.82. The zero-order valence-corrected chi connectivity index (χ0v) is 16.9. The zero-order chi connectivity index (χ0) is 16.7. The average Bonchev–Trinajstić information content (AvgIpc) is 2.57. The van der Waals surface area contributed by atoms with Gasteiger partial charge in [-0.25, -0.2) is 4.68 Å². The van der Waals surface area contributed by atoms with Crippen LogP contribution in [-0.4, -0.2) is 16.4 Å². The van der Waals surface area contributed by atoms with Crippen molar-refractivity contribution in [1.82, 2.24) is 9.78 Å². The molecule has 0 spiro atoms. The molecule has 0 fully saturated rings. The maximum absolute atomic E-state index is 11.9. The second kappa shape index (κ2) is 9.71. The van der Waals surface area contributed by atoms with Crippen molar-refractivity contribution in [2.45, 2.75) is 30.4 Å². The standard InChI is InChI=1S/C16H19IN2O2S2/c1-12-15(10-18-19(2)16(12)20)22-11-14-7-5-13(6-8-14)4-3-9-21-23-17/h5-8,10H,3-4,9,11H2,1-2H3. The average molecular weight is 462 g/mol. The summed E-state index contributed by atoms with van der Waals surface area (Å²) in [5, 5.41) is 4.08. The maximum Gasteiger partial charge on any atom is 0.270 e. The van der Waals surface area contributed by atoms with E-state index in [-0.39, 0.29) is 5.56 Å². The van der Waals surface area contributed by atoms with Gasteiger partial charge in [0.15, 0.2) is 0 Å². The van der Waals surface area contributed by atoms with Gasteiger partial charge in [-0.3, -0.25) is 4.79 Å². The van der Waals surface area contributed by atoms with E-state index in [9.17, 15) is 4.79 Å². The first-order valence-corrected chi connectivity index (χ1v) is 11.5. The molecule has 0 bridgehead atoms. The SMILES string of the molecule is Cc1c(SCc2ccc(CCCOSI)cc2)cnn(C)c1=O. The number of thioether (sulfide) groups is 1. The third-order valence-electron chi connectivity index (χ3n) is 3.49. The predicted molar refractivity (Wildman–Crippen MR) is 106 cm³/mol. The van der Waals surface area contributed by atoms with Crippen LogP contribution in [-0.2, 0) is 23.4 Å². The molecule has 0 N–H and O–H groups in total. The Hall–Kier alpha value is -0.510. The van der Waals surface area contributed by atoms with E-state index in [4.69, 9.17) is 4.18 Å². The monoisotopic (exact) mass is 462 g/mol. The molecule has 0 saturated heterocycles. The van der Waals surface area contributed by atoms with Crippen LogP contribution in [0.15, 0.2) is 40.2 Å². The van der Waals surface area contributed by atoms with E-state index in [1.807, 2.05) is 6.92 Å². The minimum atomic E-state index is -0.0303. The number of aryl methyl sites for hydroxylation is 2. The smallest absolute Gasteiger partial charge is 0.270 e. The first kappa shape index (κ1) is 18.8. The van der Waals surface area contributed by atoms with Gasteiger partial charge in [-0.15, -0.1) is 11.8 Å². The minimum absolute atomic E-state index is 0.0303. The molecule has 0 aliphatic carbocycles. The van der Waals surface area contributed by atoms with Crippen LogP contribution in [0.2, 0.25) is 0 Å². The van der Waals surface area contributed by atoms with E-state index < -0.39 is 0 Å². The third kappa shape index (κ3) is 5.81. The summed E-state index contributed by atoms with van der Waals surface area (Å²) in [5.74, 6) is 0.838. The Morgan fingerprint density at radius 2 is 1.96 bits per heavy atom. The van der Waals surface area contributed by atoms with E-state index in [1.54, 1.807) is 25.0 Å². The lowest BCUT2D eigenvalue weighted by molar-refractivity contribution is 0.371. The molecule has 23 heavy (non-hydrogen) atoms. The van der Waals surface area contributed by atoms with Gasteiger partial charge in [-0.05, 0) is 30.9 Å². The summed E-state index contributed by atoms with van der Waals surface area (Å²) in [6.45, 7) is 2.63. The van der Waals surface area contributed by atoms with Crippen molar-refractivity contribution >= 4 is 42.2 Å². The van der Waals surface area contributed by atoms with Crippen molar-refractivity contribution in [1.29, 1.82) is 0 Å². The van der Waals surface area contributed by atoms with E-state index >= 15 is 0 Å². The highest BCUT2D eigenvalue weighted by molar-refractivity contribution is 14.2. The summed E-state index contributed by atoms with van der Waals surface area (Å²) >= 11 is 3.79. The number of aromatic nitrogens is 2. The fraction of sp³-hybridized carbons (Fsp3) is 0.375. The first-order valence-electron chi connectivity index (χ1n) is 7.25. The van der Waals surface area contributed by atoms with Crippen LogP contribution < -0.4 is 5.56 Å². The highest BCUT2D eigenvalue weighted by Crippen LogP contribution is 2.23. The summed E-state index contributed by atoms with van der Waals surface area (Å²) in [4.78, 5) is 12.8. The molecular weight excluding hydrogens is 443 g/mol. The number of benzene rings is 1. The minimum Gasteiger partial charge on any atom is -0.305 e. The van der Waals surface area contributed by atoms with Crippen molar-refractivity contribution in [3.8, 4) is 0 Å². The van der Waals surface area contributed by atoms with Gasteiger partial charge in [0.25, 0.3) is 5.56 Å². The molecule has 124 valence electrons. The molecule has 2 rings (SSSR count). The maximum atomic E-state index is 11.9. The van der Waals surface area contributed by atoms with E-state index in [1.165, 1.54) is 25.0 Å². The van der Waals surface area contributed by atoms with Crippen LogP contribution in [0.25, 0.3) is 0 Å². The van der Waals surface area contributed by atoms with Gasteiger partial charge < -0.3 is 4.18 Å². The van der Waals surface area contributed by atoms with Gasteiger partial charge in [0, 0.05) is 44.5 Å². The van der Waals surface area contributed by atoms with Crippen molar-refractivity contribution in [3.05, 3.63) is 57.5 Å². The Morgan fingerprint density at radius 3 is 2.65 bits per heavy atom. The highest BCUT2D eigenvalue weighted by atomic mass is 127. The molecule has 2 aromatic rings. The van der Waals surface area contributed by atoms with Crippen LogP contribution in [0.1, 0.15) is 23.1 Å². The van der Waals surface area contributed by atoms with Crippen molar-refractivity contribution in [2.24, 2.45) is 7.05 Å². The molecule has 0 aliphatic heterocycles. The van der Waals surface area contributed by atoms with Crippen LogP contribution in [0.4, 0.5) is 0 Å². The summed E-state index contributed by atoms with van der Waals surface area (Å²) < 4.78 is 6.63. The van der Waals surface area contributed by atoms with E-state index in [0.29, 0.717) is 0 Å². The molecule has 1 heterocycles. The molecule has 4 nitrogen and oxygen atoms in total. The van der Waals surface area contributed by atoms with Crippen molar-refractivity contribution < 1.29 is 4.18 Å². The second-order valence-electron chi connectivity index (χ2n) is 5.16. The molecule has 0 radical (unpaired) electrons. The molecule has 1 aromatic heterocycles. The molecule has 1 aromatic carbocycles. The van der Waals surface area contributed by atoms with Gasteiger partial charge in [0.05, 0.1) is 22.0 Å². The topological polar surface area (TPSA) is 44.1 Å². The third-order valence-corrected chi connectivity index (χ3v) is 5.71. The number of halogens is 1. The van der Waals surface area contributed by atoms with E-state index in [2.05, 4.69) is 50.6 Å². The Labute approximate surface area is 157 Å². The molecule has 7 heteroatoms. The Kier molecular flexibility index (Phi) is 7.94. The summed E-state index contributed by atoms with van der Waals surface area (Å²) in [7, 11) is 3.06. The second-order valence-corrected chi connectivity index (χ2v) is 7.61. The lowest BCUT2D eigenvalue weighted by Gasteiger charge is -2.07. The number of rotatable bonds is 8. The highest BCUT2D eigenvalue weighted by Gasteiger charge is 2.06. The van der Waals surface area contributed by atoms with Gasteiger partial charge >= 0.3 is 0 Å². The summed E-state index contributed by atoms with van der Waals surface area (Å²) in [6, 6.07) is 8.64. The Balaban J connectivity index is 1.89. The molecule has 0 unspecified atom stereocenters.